The lowest BCUT2D eigenvalue weighted by Crippen LogP contribution is -2.23. The van der Waals surface area contributed by atoms with Gasteiger partial charge in [-0.25, -0.2) is 13.1 Å². The van der Waals surface area contributed by atoms with Gasteiger partial charge < -0.3 is 4.74 Å². The molecule has 0 saturated carbocycles. The lowest BCUT2D eigenvalue weighted by Gasteiger charge is -2.13. The van der Waals surface area contributed by atoms with Crippen LogP contribution in [-0.2, 0) is 10.0 Å². The average molecular weight is 425 g/mol. The molecule has 0 saturated heterocycles. The zero-order valence-electron chi connectivity index (χ0n) is 15.0. The van der Waals surface area contributed by atoms with E-state index in [9.17, 15) is 8.42 Å². The van der Waals surface area contributed by atoms with E-state index in [0.29, 0.717) is 18.7 Å². The van der Waals surface area contributed by atoms with E-state index < -0.39 is 10.0 Å². The van der Waals surface area contributed by atoms with E-state index in [1.165, 1.54) is 11.8 Å². The Labute approximate surface area is 166 Å². The summed E-state index contributed by atoms with van der Waals surface area (Å²) < 4.78 is 32.3. The number of hydrogen-bond donors (Lipinski definition) is 1. The third-order valence-corrected chi connectivity index (χ3v) is 6.23. The molecule has 7 nitrogen and oxygen atoms in total. The van der Waals surface area contributed by atoms with Crippen molar-refractivity contribution in [2.45, 2.75) is 11.6 Å². The molecule has 1 N–H and O–H groups in total. The van der Waals surface area contributed by atoms with Crippen LogP contribution in [0.4, 0.5) is 0 Å². The Morgan fingerprint density at radius 1 is 1.22 bits per heavy atom. The fourth-order valence-electron chi connectivity index (χ4n) is 2.45. The molecular formula is C17H20N4O3S3. The second-order valence-electron chi connectivity index (χ2n) is 5.66. The molecule has 0 amide bonds. The number of aromatic nitrogens is 3. The van der Waals surface area contributed by atoms with Crippen molar-refractivity contribution in [2.75, 3.05) is 25.7 Å². The number of thioether (sulfide) groups is 1. The molecule has 144 valence electrons. The number of methoxy groups -OCH3 is 1. The van der Waals surface area contributed by atoms with Crippen molar-refractivity contribution in [3.05, 3.63) is 41.8 Å². The Morgan fingerprint density at radius 3 is 2.74 bits per heavy atom. The second kappa shape index (κ2) is 8.87. The number of nitrogens with zero attached hydrogens (tertiary/aromatic N) is 3. The van der Waals surface area contributed by atoms with Crippen LogP contribution >= 0.6 is 23.1 Å². The lowest BCUT2D eigenvalue weighted by molar-refractivity contribution is 0.412. The first kappa shape index (κ1) is 19.9. The first-order chi connectivity index (χ1) is 13.0. The number of benzene rings is 1. The SMILES string of the molecule is COc1ccccc1-n1c(SCCCNS(C)(=O)=O)nnc1-c1cccs1. The summed E-state index contributed by atoms with van der Waals surface area (Å²) in [7, 11) is -1.53. The van der Waals surface area contributed by atoms with Crippen molar-refractivity contribution >= 4 is 33.1 Å². The van der Waals surface area contributed by atoms with Gasteiger partial charge in [0.25, 0.3) is 0 Å². The van der Waals surface area contributed by atoms with Gasteiger partial charge in [0, 0.05) is 12.3 Å². The number of sulfonamides is 1. The molecule has 3 rings (SSSR count). The predicted octanol–water partition coefficient (Wildman–Crippen LogP) is 3.04. The van der Waals surface area contributed by atoms with Gasteiger partial charge in [0.1, 0.15) is 5.75 Å². The largest absolute Gasteiger partial charge is 0.495 e. The van der Waals surface area contributed by atoms with E-state index in [2.05, 4.69) is 14.9 Å². The molecule has 0 aliphatic carbocycles. The summed E-state index contributed by atoms with van der Waals surface area (Å²) in [4.78, 5) is 1.01. The molecule has 0 unspecified atom stereocenters. The molecule has 10 heteroatoms. The summed E-state index contributed by atoms with van der Waals surface area (Å²) in [6.07, 6.45) is 1.84. The topological polar surface area (TPSA) is 86.1 Å². The van der Waals surface area contributed by atoms with E-state index in [1.54, 1.807) is 18.4 Å². The second-order valence-corrected chi connectivity index (χ2v) is 9.50. The van der Waals surface area contributed by atoms with Crippen molar-refractivity contribution in [1.29, 1.82) is 0 Å². The average Bonchev–Trinajstić information content (AvgIpc) is 3.29. The highest BCUT2D eigenvalue weighted by atomic mass is 32.2. The molecular weight excluding hydrogens is 404 g/mol. The molecule has 0 fully saturated rings. The van der Waals surface area contributed by atoms with Crippen LogP contribution in [0.3, 0.4) is 0 Å². The van der Waals surface area contributed by atoms with Crippen molar-refractivity contribution in [3.8, 4) is 22.1 Å². The maximum atomic E-state index is 11.2. The van der Waals surface area contributed by atoms with Crippen LogP contribution in [0.15, 0.2) is 46.9 Å². The Balaban J connectivity index is 1.86. The van der Waals surface area contributed by atoms with Crippen LogP contribution in [0.1, 0.15) is 6.42 Å². The summed E-state index contributed by atoms with van der Waals surface area (Å²) in [6, 6.07) is 11.7. The van der Waals surface area contributed by atoms with E-state index in [-0.39, 0.29) is 0 Å². The number of para-hydroxylation sites is 2. The van der Waals surface area contributed by atoms with Gasteiger partial charge in [-0.1, -0.05) is 30.0 Å². The van der Waals surface area contributed by atoms with E-state index in [1.807, 2.05) is 46.3 Å². The van der Waals surface area contributed by atoms with Gasteiger partial charge in [0.15, 0.2) is 11.0 Å². The molecule has 2 aromatic heterocycles. The van der Waals surface area contributed by atoms with Gasteiger partial charge in [-0.15, -0.1) is 21.5 Å². The highest BCUT2D eigenvalue weighted by molar-refractivity contribution is 7.99. The Kier molecular flexibility index (Phi) is 6.53. The zero-order valence-corrected chi connectivity index (χ0v) is 17.4. The minimum Gasteiger partial charge on any atom is -0.495 e. The normalized spacial score (nSPS) is 11.6. The summed E-state index contributed by atoms with van der Waals surface area (Å²) in [5.41, 5.74) is 0.866. The molecule has 0 radical (unpaired) electrons. The minimum absolute atomic E-state index is 0.395. The number of hydrogen-bond acceptors (Lipinski definition) is 7. The third-order valence-electron chi connectivity index (χ3n) is 3.62. The van der Waals surface area contributed by atoms with Crippen LogP contribution < -0.4 is 9.46 Å². The van der Waals surface area contributed by atoms with Crippen LogP contribution in [0.25, 0.3) is 16.4 Å². The standard InChI is InChI=1S/C17H20N4O3S3/c1-24-14-8-4-3-7-13(14)21-16(15-9-5-11-25-15)19-20-17(21)26-12-6-10-18-27(2,22)23/h3-5,7-9,11,18H,6,10,12H2,1-2H3. The quantitative estimate of drug-likeness (QED) is 0.420. The first-order valence-corrected chi connectivity index (χ1v) is 12.0. The number of thiophene rings is 1. The highest BCUT2D eigenvalue weighted by Crippen LogP contribution is 2.34. The summed E-state index contributed by atoms with van der Waals surface area (Å²) >= 11 is 3.13. The fourth-order valence-corrected chi connectivity index (χ4v) is 4.55. The van der Waals surface area contributed by atoms with Crippen molar-refractivity contribution in [1.82, 2.24) is 19.5 Å². The molecule has 2 heterocycles. The third kappa shape index (κ3) is 5.10. The monoisotopic (exact) mass is 424 g/mol. The first-order valence-electron chi connectivity index (χ1n) is 8.19. The highest BCUT2D eigenvalue weighted by Gasteiger charge is 2.19. The van der Waals surface area contributed by atoms with Crippen LogP contribution in [0.2, 0.25) is 0 Å². The molecule has 0 spiro atoms. The zero-order chi connectivity index (χ0) is 19.3. The number of rotatable bonds is 9. The van der Waals surface area contributed by atoms with Crippen LogP contribution in [0.5, 0.6) is 5.75 Å². The number of ether oxygens (including phenoxy) is 1. The van der Waals surface area contributed by atoms with Crippen molar-refractivity contribution < 1.29 is 13.2 Å². The van der Waals surface area contributed by atoms with E-state index >= 15 is 0 Å². The summed E-state index contributed by atoms with van der Waals surface area (Å²) in [5.74, 6) is 2.20. The smallest absolute Gasteiger partial charge is 0.208 e. The fraction of sp³-hybridized carbons (Fsp3) is 0.294. The van der Waals surface area contributed by atoms with Crippen LogP contribution in [0, 0.1) is 0 Å². The molecule has 0 aliphatic heterocycles. The van der Waals surface area contributed by atoms with Gasteiger partial charge in [0.2, 0.25) is 10.0 Å². The summed E-state index contributed by atoms with van der Waals surface area (Å²) in [6.45, 7) is 0.395. The van der Waals surface area contributed by atoms with Gasteiger partial charge in [-0.05, 0) is 30.0 Å². The minimum atomic E-state index is -3.16. The Hall–Kier alpha value is -1.88. The Bertz CT molecular complexity index is 985. The predicted molar refractivity (Wildman–Crippen MR) is 109 cm³/mol. The molecule has 27 heavy (non-hydrogen) atoms. The molecule has 0 atom stereocenters. The maximum Gasteiger partial charge on any atom is 0.208 e. The lowest BCUT2D eigenvalue weighted by atomic mass is 10.3. The maximum absolute atomic E-state index is 11.2. The Morgan fingerprint density at radius 2 is 2.04 bits per heavy atom. The summed E-state index contributed by atoms with van der Waals surface area (Å²) in [5, 5.41) is 11.5. The number of nitrogens with one attached hydrogen (secondary N) is 1. The molecule has 3 aromatic rings. The van der Waals surface area contributed by atoms with Gasteiger partial charge in [-0.2, -0.15) is 0 Å². The van der Waals surface area contributed by atoms with Crippen molar-refractivity contribution in [3.63, 3.8) is 0 Å². The van der Waals surface area contributed by atoms with Crippen molar-refractivity contribution in [2.24, 2.45) is 0 Å². The molecule has 0 aliphatic rings. The van der Waals surface area contributed by atoms with Crippen LogP contribution in [-0.4, -0.2) is 48.8 Å². The van der Waals surface area contributed by atoms with Gasteiger partial charge in [-0.3, -0.25) is 4.57 Å². The van der Waals surface area contributed by atoms with Gasteiger partial charge >= 0.3 is 0 Å². The van der Waals surface area contributed by atoms with Gasteiger partial charge in [0.05, 0.1) is 23.9 Å². The molecule has 1 aromatic carbocycles. The van der Waals surface area contributed by atoms with E-state index in [0.717, 1.165) is 33.6 Å². The molecule has 0 bridgehead atoms. The van der Waals surface area contributed by atoms with E-state index in [4.69, 9.17) is 4.74 Å².